The first-order valence-electron chi connectivity index (χ1n) is 8.97. The number of thioether (sulfide) groups is 1. The van der Waals surface area contributed by atoms with Crippen molar-refractivity contribution in [3.8, 4) is 0 Å². The van der Waals surface area contributed by atoms with Crippen LogP contribution in [0.2, 0.25) is 5.02 Å². The van der Waals surface area contributed by atoms with Crippen LogP contribution in [0, 0.1) is 0 Å². The lowest BCUT2D eigenvalue weighted by atomic mass is 9.92. The van der Waals surface area contributed by atoms with E-state index in [1.807, 2.05) is 36.4 Å². The molecule has 0 saturated carbocycles. The number of hydrazone groups is 1. The van der Waals surface area contributed by atoms with Crippen molar-refractivity contribution in [1.29, 1.82) is 0 Å². The van der Waals surface area contributed by atoms with Gasteiger partial charge in [0.2, 0.25) is 0 Å². The number of benzene rings is 1. The maximum absolute atomic E-state index is 12.5. The van der Waals surface area contributed by atoms with E-state index in [-0.39, 0.29) is 5.92 Å². The zero-order chi connectivity index (χ0) is 21.0. The Morgan fingerprint density at radius 1 is 1.34 bits per heavy atom. The minimum atomic E-state index is -3.77. The summed E-state index contributed by atoms with van der Waals surface area (Å²) in [5.41, 5.74) is 2.73. The summed E-state index contributed by atoms with van der Waals surface area (Å²) in [6.45, 7) is 2.57. The van der Waals surface area contributed by atoms with Gasteiger partial charge >= 0.3 is 10.2 Å². The van der Waals surface area contributed by atoms with Crippen LogP contribution < -0.4 is 0 Å². The number of hydrogen-bond acceptors (Lipinski definition) is 5. The number of rotatable bonds is 5. The average molecular weight is 452 g/mol. The smallest absolute Gasteiger partial charge is 0.264 e. The van der Waals surface area contributed by atoms with Crippen LogP contribution in [0.4, 0.5) is 0 Å². The fraction of sp³-hybridized carbons (Fsp3) is 0.316. The summed E-state index contributed by atoms with van der Waals surface area (Å²) in [6.07, 6.45) is 5.31. The van der Waals surface area contributed by atoms with Crippen molar-refractivity contribution in [3.05, 3.63) is 64.9 Å². The summed E-state index contributed by atoms with van der Waals surface area (Å²) in [5, 5.41) is 7.34. The van der Waals surface area contributed by atoms with Crippen molar-refractivity contribution in [3.63, 3.8) is 0 Å². The Kier molecular flexibility index (Phi) is 6.94. The number of amidine groups is 1. The fourth-order valence-corrected chi connectivity index (χ4v) is 4.66. The Hall–Kier alpha value is -1.94. The lowest BCUT2D eigenvalue weighted by Gasteiger charge is -2.18. The molecule has 1 aliphatic rings. The zero-order valence-electron chi connectivity index (χ0n) is 16.4. The quantitative estimate of drug-likeness (QED) is 0.514. The van der Waals surface area contributed by atoms with Gasteiger partial charge < -0.3 is 0 Å². The second-order valence-corrected chi connectivity index (χ2v) is 9.29. The first-order chi connectivity index (χ1) is 13.9. The van der Waals surface area contributed by atoms with Crippen molar-refractivity contribution in [2.75, 3.05) is 26.4 Å². The third kappa shape index (κ3) is 4.98. The highest BCUT2D eigenvalue weighted by atomic mass is 35.5. The molecule has 0 radical (unpaired) electrons. The van der Waals surface area contributed by atoms with Gasteiger partial charge in [0.25, 0.3) is 0 Å². The number of pyridine rings is 1. The minimum absolute atomic E-state index is 0.0752. The maximum atomic E-state index is 12.5. The normalized spacial score (nSPS) is 17.7. The molecule has 0 fully saturated rings. The molecule has 1 unspecified atom stereocenters. The molecule has 0 aliphatic carbocycles. The molecule has 10 heteroatoms. The van der Waals surface area contributed by atoms with Crippen LogP contribution in [0.3, 0.4) is 0 Å². The van der Waals surface area contributed by atoms with Gasteiger partial charge in [-0.3, -0.25) is 4.98 Å². The minimum Gasteiger partial charge on any atom is -0.264 e. The van der Waals surface area contributed by atoms with E-state index in [9.17, 15) is 8.42 Å². The predicted octanol–water partition coefficient (Wildman–Crippen LogP) is 3.45. The first-order valence-corrected chi connectivity index (χ1v) is 12.0. The third-order valence-electron chi connectivity index (χ3n) is 4.58. The summed E-state index contributed by atoms with van der Waals surface area (Å²) in [7, 11) is -2.27. The Bertz CT molecular complexity index is 1010. The van der Waals surface area contributed by atoms with E-state index in [4.69, 9.17) is 16.7 Å². The van der Waals surface area contributed by atoms with Crippen LogP contribution in [-0.2, 0) is 10.2 Å². The van der Waals surface area contributed by atoms with E-state index >= 15 is 0 Å². The summed E-state index contributed by atoms with van der Waals surface area (Å²) in [5.74, 6) is -0.0752. The second kappa shape index (κ2) is 9.25. The maximum Gasteiger partial charge on any atom is 0.324 e. The summed E-state index contributed by atoms with van der Waals surface area (Å²) < 4.78 is 30.1. The van der Waals surface area contributed by atoms with E-state index in [2.05, 4.69) is 9.38 Å². The SMILES string of the molecule is CCN(C)S(=O)(=O)N=C(SC)N1CC(c2cccnc2)C(c2ccc(Cl)cc2)=N1. The van der Waals surface area contributed by atoms with E-state index < -0.39 is 10.2 Å². The Balaban J connectivity index is 2.03. The van der Waals surface area contributed by atoms with Crippen molar-refractivity contribution in [2.24, 2.45) is 9.50 Å². The van der Waals surface area contributed by atoms with Gasteiger partial charge in [0.15, 0.2) is 5.17 Å². The van der Waals surface area contributed by atoms with Crippen LogP contribution in [0.25, 0.3) is 0 Å². The topological polar surface area (TPSA) is 78.2 Å². The molecule has 0 bridgehead atoms. The van der Waals surface area contributed by atoms with Gasteiger partial charge in [0, 0.05) is 36.9 Å². The predicted molar refractivity (Wildman–Crippen MR) is 120 cm³/mol. The molecule has 1 aliphatic heterocycles. The number of halogens is 1. The molecule has 29 heavy (non-hydrogen) atoms. The molecule has 7 nitrogen and oxygen atoms in total. The Morgan fingerprint density at radius 3 is 2.66 bits per heavy atom. The molecule has 2 aromatic rings. The van der Waals surface area contributed by atoms with Gasteiger partial charge in [-0.05, 0) is 35.6 Å². The molecular weight excluding hydrogens is 430 g/mol. The molecule has 1 aromatic heterocycles. The second-order valence-electron chi connectivity index (χ2n) is 6.38. The highest BCUT2D eigenvalue weighted by molar-refractivity contribution is 8.13. The highest BCUT2D eigenvalue weighted by Crippen LogP contribution is 2.30. The Morgan fingerprint density at radius 2 is 2.07 bits per heavy atom. The molecule has 1 atom stereocenters. The standard InChI is InChI=1S/C19H22ClN5O2S2/c1-4-24(2)29(26,27)23-19(28-3)25-13-17(15-6-5-11-21-12-15)18(22-25)14-7-9-16(20)10-8-14/h5-12,17H,4,13H2,1-3H3. The van der Waals surface area contributed by atoms with E-state index in [1.165, 1.54) is 23.1 Å². The van der Waals surface area contributed by atoms with Gasteiger partial charge in [-0.25, -0.2) is 5.01 Å². The molecule has 0 spiro atoms. The fourth-order valence-electron chi connectivity index (χ4n) is 2.87. The number of aromatic nitrogens is 1. The van der Waals surface area contributed by atoms with E-state index in [1.54, 1.807) is 30.6 Å². The summed E-state index contributed by atoms with van der Waals surface area (Å²) >= 11 is 7.28. The van der Waals surface area contributed by atoms with Gasteiger partial charge in [-0.1, -0.05) is 48.5 Å². The molecule has 3 rings (SSSR count). The first kappa shape index (κ1) is 21.8. The molecule has 0 amide bonds. The molecule has 1 aromatic carbocycles. The van der Waals surface area contributed by atoms with Crippen LogP contribution in [0.1, 0.15) is 24.0 Å². The van der Waals surface area contributed by atoms with Gasteiger partial charge in [0.05, 0.1) is 12.3 Å². The van der Waals surface area contributed by atoms with Crippen LogP contribution >= 0.6 is 23.4 Å². The highest BCUT2D eigenvalue weighted by Gasteiger charge is 2.32. The zero-order valence-corrected chi connectivity index (χ0v) is 18.7. The largest absolute Gasteiger partial charge is 0.324 e. The molecule has 2 heterocycles. The van der Waals surface area contributed by atoms with Crippen molar-refractivity contribution >= 4 is 44.5 Å². The molecule has 0 N–H and O–H groups in total. The van der Waals surface area contributed by atoms with E-state index in [0.29, 0.717) is 23.3 Å². The molecule has 0 saturated heterocycles. The Labute approximate surface area is 180 Å². The third-order valence-corrected chi connectivity index (χ3v) is 7.06. The van der Waals surface area contributed by atoms with Gasteiger partial charge in [0.1, 0.15) is 0 Å². The van der Waals surface area contributed by atoms with Crippen LogP contribution in [-0.4, -0.2) is 60.0 Å². The van der Waals surface area contributed by atoms with Gasteiger partial charge in [-0.2, -0.15) is 17.8 Å². The van der Waals surface area contributed by atoms with Crippen molar-refractivity contribution in [1.82, 2.24) is 14.3 Å². The molecule has 154 valence electrons. The monoisotopic (exact) mass is 451 g/mol. The average Bonchev–Trinajstić information content (AvgIpc) is 3.17. The number of nitrogens with zero attached hydrogens (tertiary/aromatic N) is 5. The molecular formula is C19H22ClN5O2S2. The number of hydrogen-bond donors (Lipinski definition) is 0. The summed E-state index contributed by atoms with van der Waals surface area (Å²) in [6, 6.07) is 11.3. The lowest BCUT2D eigenvalue weighted by molar-refractivity contribution is 0.474. The van der Waals surface area contributed by atoms with Crippen molar-refractivity contribution in [2.45, 2.75) is 12.8 Å². The van der Waals surface area contributed by atoms with Crippen LogP contribution in [0.5, 0.6) is 0 Å². The van der Waals surface area contributed by atoms with Crippen molar-refractivity contribution < 1.29 is 8.42 Å². The lowest BCUT2D eigenvalue weighted by Crippen LogP contribution is -2.29. The van der Waals surface area contributed by atoms with E-state index in [0.717, 1.165) is 16.8 Å². The van der Waals surface area contributed by atoms with Crippen LogP contribution in [0.15, 0.2) is 58.3 Å². The van der Waals surface area contributed by atoms with Gasteiger partial charge in [-0.15, -0.1) is 4.40 Å². The summed E-state index contributed by atoms with van der Waals surface area (Å²) in [4.78, 5) is 4.22.